The lowest BCUT2D eigenvalue weighted by Crippen LogP contribution is -2.60. The molecule has 3 aromatic carbocycles. The molecule has 1 aromatic heterocycles. The highest BCUT2D eigenvalue weighted by Crippen LogP contribution is 2.20. The Kier molecular flexibility index (Phi) is 17.8. The highest BCUT2D eigenvalue weighted by atomic mass is 16.4. The van der Waals surface area contributed by atoms with Crippen LogP contribution in [0, 0.1) is 5.92 Å². The zero-order valence-corrected chi connectivity index (χ0v) is 35.4. The molecule has 5 amide bonds. The predicted molar refractivity (Wildman–Crippen MR) is 232 cm³/mol. The standard InChI is InChI=1S/C45H60N8O8/c1-27(2)39(44(59)53(5)38(45(60)61)24-29-13-7-6-8-14-29)52-41(56)35(17-11-12-22-46)49-43(58)37(25-31-26-48-34-16-10-9-15-33(31)34)51-42(57)36(50-40(55)28(3)47-4)23-30-18-20-32(54)21-19-30/h6-10,13-16,18-21,26-28,35-39,47-48,54H,11-12,17,22-25,46H2,1-5H3,(H,49,58)(H,50,55)(H,51,57)(H,52,56)(H,60,61)/t28-,35-,36-,37+,38-,39-/m0/s1. The van der Waals surface area contributed by atoms with Gasteiger partial charge in [-0.15, -0.1) is 0 Å². The van der Waals surface area contributed by atoms with E-state index in [0.29, 0.717) is 30.5 Å². The fourth-order valence-electron chi connectivity index (χ4n) is 6.91. The number of carboxylic acid groups (broad SMARTS) is 1. The van der Waals surface area contributed by atoms with Crippen LogP contribution in [0.1, 0.15) is 56.7 Å². The molecular formula is C45H60N8O8. The number of carboxylic acids is 1. The summed E-state index contributed by atoms with van der Waals surface area (Å²) in [6.45, 7) is 5.42. The summed E-state index contributed by atoms with van der Waals surface area (Å²) in [6.07, 6.45) is 2.95. The van der Waals surface area contributed by atoms with E-state index in [-0.39, 0.29) is 31.4 Å². The van der Waals surface area contributed by atoms with Crippen molar-refractivity contribution >= 4 is 46.4 Å². The number of fused-ring (bicyclic) bond motifs is 1. The molecule has 0 bridgehead atoms. The minimum atomic E-state index is -1.25. The molecule has 328 valence electrons. The summed E-state index contributed by atoms with van der Waals surface area (Å²) in [5, 5.41) is 34.9. The summed E-state index contributed by atoms with van der Waals surface area (Å²) in [6, 6.07) is 16.0. The van der Waals surface area contributed by atoms with Gasteiger partial charge in [-0.2, -0.15) is 0 Å². The van der Waals surface area contributed by atoms with Gasteiger partial charge in [-0.3, -0.25) is 24.0 Å². The fourth-order valence-corrected chi connectivity index (χ4v) is 6.91. The Morgan fingerprint density at radius 3 is 1.90 bits per heavy atom. The first kappa shape index (κ1) is 47.4. The Labute approximate surface area is 356 Å². The summed E-state index contributed by atoms with van der Waals surface area (Å²) >= 11 is 0. The number of aliphatic carboxylic acids is 1. The zero-order chi connectivity index (χ0) is 44.6. The maximum Gasteiger partial charge on any atom is 0.326 e. The number of para-hydroxylation sites is 1. The van der Waals surface area contributed by atoms with Crippen molar-refractivity contribution in [1.82, 2.24) is 36.5 Å². The van der Waals surface area contributed by atoms with Crippen molar-refractivity contribution in [2.24, 2.45) is 11.7 Å². The van der Waals surface area contributed by atoms with E-state index in [2.05, 4.69) is 31.6 Å². The number of unbranched alkanes of at least 4 members (excludes halogenated alkanes) is 1. The van der Waals surface area contributed by atoms with Crippen LogP contribution >= 0.6 is 0 Å². The molecule has 10 N–H and O–H groups in total. The number of phenols is 1. The highest BCUT2D eigenvalue weighted by Gasteiger charge is 2.36. The van der Waals surface area contributed by atoms with E-state index in [1.54, 1.807) is 70.4 Å². The Balaban J connectivity index is 1.63. The van der Waals surface area contributed by atoms with Crippen molar-refractivity contribution in [3.63, 3.8) is 0 Å². The Bertz CT molecular complexity index is 2090. The Hall–Kier alpha value is -6.26. The quantitative estimate of drug-likeness (QED) is 0.0493. The number of nitrogens with zero attached hydrogens (tertiary/aromatic N) is 1. The number of amides is 5. The number of benzene rings is 3. The second kappa shape index (κ2) is 22.9. The normalized spacial score (nSPS) is 14.2. The Morgan fingerprint density at radius 2 is 1.28 bits per heavy atom. The molecule has 1 heterocycles. The van der Waals surface area contributed by atoms with Crippen molar-refractivity contribution < 1.29 is 39.0 Å². The van der Waals surface area contributed by atoms with Gasteiger partial charge in [0.2, 0.25) is 29.5 Å². The first-order chi connectivity index (χ1) is 29.1. The van der Waals surface area contributed by atoms with Crippen LogP contribution in [0.4, 0.5) is 0 Å². The molecule has 0 aliphatic carbocycles. The van der Waals surface area contributed by atoms with Crippen LogP contribution < -0.4 is 32.3 Å². The number of nitrogens with two attached hydrogens (primary N) is 1. The molecule has 0 unspecified atom stereocenters. The van der Waals surface area contributed by atoms with Gasteiger partial charge in [-0.05, 0) is 80.6 Å². The van der Waals surface area contributed by atoms with Gasteiger partial charge in [0.25, 0.3) is 0 Å². The summed E-state index contributed by atoms with van der Waals surface area (Å²) < 4.78 is 0. The smallest absolute Gasteiger partial charge is 0.326 e. The van der Waals surface area contributed by atoms with Crippen molar-refractivity contribution in [2.45, 2.75) is 95.5 Å². The summed E-state index contributed by atoms with van der Waals surface area (Å²) in [4.78, 5) is 86.7. The number of aromatic hydroxyl groups is 1. The monoisotopic (exact) mass is 840 g/mol. The zero-order valence-electron chi connectivity index (χ0n) is 35.4. The first-order valence-electron chi connectivity index (χ1n) is 20.6. The Morgan fingerprint density at radius 1 is 0.705 bits per heavy atom. The van der Waals surface area contributed by atoms with Gasteiger partial charge in [-0.1, -0.05) is 74.5 Å². The molecule has 0 aliphatic heterocycles. The minimum absolute atomic E-state index is 0.00140. The molecule has 16 nitrogen and oxygen atoms in total. The third kappa shape index (κ3) is 13.6. The van der Waals surface area contributed by atoms with Crippen molar-refractivity contribution in [2.75, 3.05) is 20.6 Å². The second-order valence-electron chi connectivity index (χ2n) is 15.6. The number of carbonyl (C=O) groups excluding carboxylic acids is 5. The molecule has 4 aromatic rings. The van der Waals surface area contributed by atoms with Crippen LogP contribution in [0.2, 0.25) is 0 Å². The van der Waals surface area contributed by atoms with Crippen LogP contribution in [0.3, 0.4) is 0 Å². The molecule has 0 saturated carbocycles. The molecule has 61 heavy (non-hydrogen) atoms. The van der Waals surface area contributed by atoms with Crippen LogP contribution in [0.15, 0.2) is 85.1 Å². The van der Waals surface area contributed by atoms with Gasteiger partial charge < -0.3 is 52.4 Å². The van der Waals surface area contributed by atoms with Crippen molar-refractivity contribution in [3.8, 4) is 5.75 Å². The number of H-pyrrole nitrogens is 1. The number of hydrogen-bond acceptors (Lipinski definition) is 9. The van der Waals surface area contributed by atoms with Crippen LogP contribution in [0.25, 0.3) is 10.9 Å². The lowest BCUT2D eigenvalue weighted by Gasteiger charge is -2.32. The van der Waals surface area contributed by atoms with Gasteiger partial charge in [0.15, 0.2) is 0 Å². The topological polar surface area (TPSA) is 248 Å². The largest absolute Gasteiger partial charge is 0.508 e. The molecule has 6 atom stereocenters. The number of phenolic OH excluding ortho intramolecular Hbond substituents is 1. The number of aromatic nitrogens is 1. The minimum Gasteiger partial charge on any atom is -0.508 e. The van der Waals surface area contributed by atoms with Crippen LogP contribution in [0.5, 0.6) is 5.75 Å². The van der Waals surface area contributed by atoms with Crippen LogP contribution in [-0.4, -0.2) is 112 Å². The molecule has 0 fully saturated rings. The molecule has 0 spiro atoms. The first-order valence-corrected chi connectivity index (χ1v) is 20.6. The number of aromatic amines is 1. The van der Waals surface area contributed by atoms with Crippen molar-refractivity contribution in [1.29, 1.82) is 0 Å². The molecule has 4 rings (SSSR count). The second-order valence-corrected chi connectivity index (χ2v) is 15.6. The third-order valence-electron chi connectivity index (χ3n) is 10.7. The van der Waals surface area contributed by atoms with Gasteiger partial charge in [-0.25, -0.2) is 4.79 Å². The molecule has 0 saturated heterocycles. The van der Waals surface area contributed by atoms with Gasteiger partial charge >= 0.3 is 5.97 Å². The van der Waals surface area contributed by atoms with Crippen LogP contribution in [-0.2, 0) is 48.0 Å². The van der Waals surface area contributed by atoms with E-state index in [4.69, 9.17) is 5.73 Å². The molecule has 0 radical (unpaired) electrons. The molecular weight excluding hydrogens is 781 g/mol. The van der Waals surface area contributed by atoms with Gasteiger partial charge in [0.05, 0.1) is 6.04 Å². The summed E-state index contributed by atoms with van der Waals surface area (Å²) in [5.74, 6) is -4.73. The lowest BCUT2D eigenvalue weighted by atomic mass is 9.98. The number of rotatable bonds is 23. The third-order valence-corrected chi connectivity index (χ3v) is 10.7. The van der Waals surface area contributed by atoms with E-state index in [1.165, 1.54) is 19.2 Å². The molecule has 0 aliphatic rings. The number of carbonyl (C=O) groups is 6. The van der Waals surface area contributed by atoms with E-state index >= 15 is 0 Å². The maximum atomic E-state index is 14.5. The number of hydrogen-bond donors (Lipinski definition) is 9. The van der Waals surface area contributed by atoms with E-state index in [1.807, 2.05) is 30.3 Å². The van der Waals surface area contributed by atoms with Gasteiger partial charge in [0, 0.05) is 43.4 Å². The maximum absolute atomic E-state index is 14.5. The van der Waals surface area contributed by atoms with Gasteiger partial charge in [0.1, 0.15) is 36.0 Å². The average Bonchev–Trinajstić information content (AvgIpc) is 3.66. The van der Waals surface area contributed by atoms with E-state index < -0.39 is 77.7 Å². The molecule has 16 heteroatoms. The van der Waals surface area contributed by atoms with Crippen molar-refractivity contribution in [3.05, 3.63) is 102 Å². The fraction of sp³-hybridized carbons (Fsp3) is 0.422. The predicted octanol–water partition coefficient (Wildman–Crippen LogP) is 2.15. The summed E-state index contributed by atoms with van der Waals surface area (Å²) in [7, 11) is 3.00. The van der Waals surface area contributed by atoms with E-state index in [0.717, 1.165) is 21.4 Å². The number of likely N-dealkylation sites (N-methyl/N-ethyl adjacent to an activating group) is 2. The average molecular weight is 841 g/mol. The SMILES string of the molecule is CN[C@@H](C)C(=O)N[C@@H](Cc1ccc(O)cc1)C(=O)N[C@H](Cc1c[nH]c2ccccc12)C(=O)N[C@@H](CCCCN)C(=O)N[C@H](C(=O)N(C)[C@@H](Cc1ccccc1)C(=O)O)C(C)C. The van der Waals surface area contributed by atoms with E-state index in [9.17, 15) is 39.0 Å². The number of nitrogens with one attached hydrogen (secondary N) is 6. The lowest BCUT2D eigenvalue weighted by molar-refractivity contribution is -0.150. The highest BCUT2D eigenvalue weighted by molar-refractivity contribution is 5.97. The summed E-state index contributed by atoms with van der Waals surface area (Å²) in [5.41, 5.74) is 8.66.